The number of benzene rings is 2. The average Bonchev–Trinajstić information content (AvgIpc) is 3.20. The van der Waals surface area contributed by atoms with E-state index < -0.39 is 0 Å². The summed E-state index contributed by atoms with van der Waals surface area (Å²) in [4.78, 5) is 14.3. The second-order valence-electron chi connectivity index (χ2n) is 6.17. The minimum atomic E-state index is -0.199. The lowest BCUT2D eigenvalue weighted by Gasteiger charge is -2.24. The van der Waals surface area contributed by atoms with Crippen molar-refractivity contribution in [1.82, 2.24) is 4.90 Å². The van der Waals surface area contributed by atoms with Crippen LogP contribution < -0.4 is 4.74 Å². The van der Waals surface area contributed by atoms with E-state index >= 15 is 0 Å². The monoisotopic (exact) mass is 360 g/mol. The van der Waals surface area contributed by atoms with E-state index in [4.69, 9.17) is 14.4 Å². The molecule has 2 aromatic carbocycles. The van der Waals surface area contributed by atoms with Crippen LogP contribution in [0.4, 0.5) is 0 Å². The van der Waals surface area contributed by atoms with Gasteiger partial charge in [0, 0.05) is 7.05 Å². The molecule has 0 spiro atoms. The fourth-order valence-corrected chi connectivity index (χ4v) is 2.71. The SMILES string of the molecule is CC(c1ccccc1)N(C)C(=O)c1ccc(COc2ccccc2C#N)o1. The van der Waals surface area contributed by atoms with E-state index in [1.807, 2.05) is 37.3 Å². The molecule has 3 rings (SSSR count). The summed E-state index contributed by atoms with van der Waals surface area (Å²) in [6.07, 6.45) is 0. The number of nitriles is 1. The van der Waals surface area contributed by atoms with Crippen LogP contribution >= 0.6 is 0 Å². The van der Waals surface area contributed by atoms with Crippen LogP contribution in [0.2, 0.25) is 0 Å². The van der Waals surface area contributed by atoms with Gasteiger partial charge in [-0.05, 0) is 36.8 Å². The number of para-hydroxylation sites is 1. The third kappa shape index (κ3) is 4.18. The number of rotatable bonds is 6. The Balaban J connectivity index is 1.66. The van der Waals surface area contributed by atoms with Gasteiger partial charge < -0.3 is 14.1 Å². The Morgan fingerprint density at radius 2 is 1.81 bits per heavy atom. The Morgan fingerprint density at radius 1 is 1.11 bits per heavy atom. The lowest BCUT2D eigenvalue weighted by molar-refractivity contribution is 0.0706. The van der Waals surface area contributed by atoms with Crippen LogP contribution in [-0.4, -0.2) is 17.9 Å². The lowest BCUT2D eigenvalue weighted by Crippen LogP contribution is -2.29. The molecule has 27 heavy (non-hydrogen) atoms. The first-order chi connectivity index (χ1) is 13.1. The van der Waals surface area contributed by atoms with Crippen LogP contribution in [0.15, 0.2) is 71.1 Å². The van der Waals surface area contributed by atoms with Gasteiger partial charge in [0.1, 0.15) is 24.2 Å². The van der Waals surface area contributed by atoms with E-state index in [1.54, 1.807) is 48.3 Å². The molecular weight excluding hydrogens is 340 g/mol. The highest BCUT2D eigenvalue weighted by molar-refractivity contribution is 5.91. The van der Waals surface area contributed by atoms with Gasteiger partial charge in [-0.1, -0.05) is 42.5 Å². The van der Waals surface area contributed by atoms with Crippen molar-refractivity contribution in [2.75, 3.05) is 7.05 Å². The molecule has 136 valence electrons. The highest BCUT2D eigenvalue weighted by Crippen LogP contribution is 2.22. The van der Waals surface area contributed by atoms with Gasteiger partial charge in [0.15, 0.2) is 5.76 Å². The molecule has 0 N–H and O–H groups in total. The maximum Gasteiger partial charge on any atom is 0.289 e. The van der Waals surface area contributed by atoms with Gasteiger partial charge in [0.05, 0.1) is 11.6 Å². The number of ether oxygens (including phenoxy) is 1. The number of hydrogen-bond acceptors (Lipinski definition) is 4. The van der Waals surface area contributed by atoms with Crippen LogP contribution in [0.25, 0.3) is 0 Å². The maximum atomic E-state index is 12.7. The number of amides is 1. The summed E-state index contributed by atoms with van der Waals surface area (Å²) >= 11 is 0. The highest BCUT2D eigenvalue weighted by atomic mass is 16.5. The molecule has 0 radical (unpaired) electrons. The fraction of sp³-hybridized carbons (Fsp3) is 0.182. The number of carbonyl (C=O) groups is 1. The molecule has 1 aromatic heterocycles. The average molecular weight is 360 g/mol. The van der Waals surface area contributed by atoms with Gasteiger partial charge in [-0.25, -0.2) is 0 Å². The second-order valence-corrected chi connectivity index (χ2v) is 6.17. The molecule has 1 heterocycles. The van der Waals surface area contributed by atoms with E-state index in [1.165, 1.54) is 0 Å². The van der Waals surface area contributed by atoms with E-state index in [0.29, 0.717) is 17.1 Å². The first-order valence-corrected chi connectivity index (χ1v) is 8.63. The summed E-state index contributed by atoms with van der Waals surface area (Å²) in [7, 11) is 1.75. The molecule has 1 amide bonds. The summed E-state index contributed by atoms with van der Waals surface area (Å²) in [5.74, 6) is 1.06. The molecule has 5 nitrogen and oxygen atoms in total. The predicted molar refractivity (Wildman–Crippen MR) is 101 cm³/mol. The minimum Gasteiger partial charge on any atom is -0.484 e. The molecule has 0 aliphatic carbocycles. The standard InChI is InChI=1S/C22H20N2O3/c1-16(17-8-4-3-5-9-17)24(2)22(25)21-13-12-19(27-21)15-26-20-11-7-6-10-18(20)14-23/h3-13,16H,15H2,1-2H3. The van der Waals surface area contributed by atoms with E-state index in [-0.39, 0.29) is 24.3 Å². The topological polar surface area (TPSA) is 66.5 Å². The summed E-state index contributed by atoms with van der Waals surface area (Å²) in [6.45, 7) is 2.11. The van der Waals surface area contributed by atoms with Crippen molar-refractivity contribution in [1.29, 1.82) is 5.26 Å². The zero-order chi connectivity index (χ0) is 19.2. The van der Waals surface area contributed by atoms with E-state index in [2.05, 4.69) is 6.07 Å². The molecular formula is C22H20N2O3. The normalized spacial score (nSPS) is 11.4. The van der Waals surface area contributed by atoms with Crippen molar-refractivity contribution in [3.8, 4) is 11.8 Å². The van der Waals surface area contributed by atoms with Crippen LogP contribution in [0.3, 0.4) is 0 Å². The van der Waals surface area contributed by atoms with Crippen molar-refractivity contribution in [3.63, 3.8) is 0 Å². The molecule has 0 fully saturated rings. The van der Waals surface area contributed by atoms with Crippen molar-refractivity contribution in [2.24, 2.45) is 0 Å². The molecule has 0 saturated carbocycles. The Bertz CT molecular complexity index is 957. The lowest BCUT2D eigenvalue weighted by atomic mass is 10.1. The first-order valence-electron chi connectivity index (χ1n) is 8.63. The van der Waals surface area contributed by atoms with Crippen molar-refractivity contribution in [2.45, 2.75) is 19.6 Å². The smallest absolute Gasteiger partial charge is 0.289 e. The Kier molecular flexibility index (Phi) is 5.58. The zero-order valence-corrected chi connectivity index (χ0v) is 15.3. The summed E-state index contributed by atoms with van der Waals surface area (Å²) in [6, 6.07) is 22.2. The molecule has 1 unspecified atom stereocenters. The van der Waals surface area contributed by atoms with Crippen LogP contribution in [-0.2, 0) is 6.61 Å². The van der Waals surface area contributed by atoms with E-state index in [9.17, 15) is 4.79 Å². The second kappa shape index (κ2) is 8.24. The number of nitrogens with zero attached hydrogens (tertiary/aromatic N) is 2. The van der Waals surface area contributed by atoms with Gasteiger partial charge >= 0.3 is 0 Å². The molecule has 3 aromatic rings. The number of carbonyl (C=O) groups excluding carboxylic acids is 1. The van der Waals surface area contributed by atoms with Gasteiger partial charge in [0.2, 0.25) is 0 Å². The van der Waals surface area contributed by atoms with Crippen molar-refractivity contribution in [3.05, 3.63) is 89.4 Å². The Morgan fingerprint density at radius 3 is 2.56 bits per heavy atom. The molecule has 5 heteroatoms. The van der Waals surface area contributed by atoms with Crippen LogP contribution in [0.5, 0.6) is 5.75 Å². The fourth-order valence-electron chi connectivity index (χ4n) is 2.71. The van der Waals surface area contributed by atoms with E-state index in [0.717, 1.165) is 5.56 Å². The summed E-state index contributed by atoms with van der Waals surface area (Å²) in [5, 5.41) is 9.10. The molecule has 0 saturated heterocycles. The Hall–Kier alpha value is -3.52. The number of hydrogen-bond donors (Lipinski definition) is 0. The zero-order valence-electron chi connectivity index (χ0n) is 15.3. The van der Waals surface area contributed by atoms with Gasteiger partial charge in [0.25, 0.3) is 5.91 Å². The number of furan rings is 1. The minimum absolute atomic E-state index is 0.0778. The molecule has 1 atom stereocenters. The third-order valence-electron chi connectivity index (χ3n) is 4.43. The van der Waals surface area contributed by atoms with Crippen LogP contribution in [0, 0.1) is 11.3 Å². The van der Waals surface area contributed by atoms with Gasteiger partial charge in [-0.3, -0.25) is 4.79 Å². The molecule has 0 aliphatic heterocycles. The summed E-state index contributed by atoms with van der Waals surface area (Å²) < 4.78 is 11.3. The Labute approximate surface area is 158 Å². The van der Waals surface area contributed by atoms with Gasteiger partial charge in [-0.15, -0.1) is 0 Å². The molecule has 0 aliphatic rings. The first kappa shape index (κ1) is 18.3. The highest BCUT2D eigenvalue weighted by Gasteiger charge is 2.21. The maximum absolute atomic E-state index is 12.7. The van der Waals surface area contributed by atoms with Crippen LogP contribution in [0.1, 0.15) is 40.4 Å². The molecule has 0 bridgehead atoms. The van der Waals surface area contributed by atoms with Crippen molar-refractivity contribution < 1.29 is 13.9 Å². The van der Waals surface area contributed by atoms with Crippen molar-refractivity contribution >= 4 is 5.91 Å². The quantitative estimate of drug-likeness (QED) is 0.646. The predicted octanol–water partition coefficient (Wildman–Crippen LogP) is 4.56. The largest absolute Gasteiger partial charge is 0.484 e. The van der Waals surface area contributed by atoms with Gasteiger partial charge in [-0.2, -0.15) is 5.26 Å². The third-order valence-corrected chi connectivity index (χ3v) is 4.43. The summed E-state index contributed by atoms with van der Waals surface area (Å²) in [5.41, 5.74) is 1.51.